The number of ketones is 1. The molecule has 6 heteroatoms. The van der Waals surface area contributed by atoms with Crippen LogP contribution in [0, 0.1) is 0 Å². The Balaban J connectivity index is -0.000000774. The highest BCUT2D eigenvalue weighted by atomic mass is 16.5. The van der Waals surface area contributed by atoms with Gasteiger partial charge in [-0.25, -0.2) is 4.79 Å². The van der Waals surface area contributed by atoms with Gasteiger partial charge in [0.05, 0.1) is 13.0 Å². The zero-order valence-electron chi connectivity index (χ0n) is 12.9. The SMILES string of the molecule is CC.CCCCCC(=O)CC(=O)N[C@H]1CCOC1=O.N.[HH]. The average Bonchev–Trinajstić information content (AvgIpc) is 2.77. The minimum absolute atomic E-state index is 0. The van der Waals surface area contributed by atoms with Crippen LogP contribution < -0.4 is 11.5 Å². The number of unbranched alkanes of at least 4 members (excludes halogenated alkanes) is 2. The molecule has 1 atom stereocenters. The fourth-order valence-electron chi connectivity index (χ4n) is 1.71. The summed E-state index contributed by atoms with van der Waals surface area (Å²) in [5.74, 6) is -0.852. The Hall–Kier alpha value is -1.43. The van der Waals surface area contributed by atoms with Crippen molar-refractivity contribution in [1.29, 1.82) is 0 Å². The van der Waals surface area contributed by atoms with Crippen molar-refractivity contribution in [1.82, 2.24) is 11.5 Å². The molecule has 1 aliphatic heterocycles. The van der Waals surface area contributed by atoms with Crippen LogP contribution in [-0.2, 0) is 19.1 Å². The Morgan fingerprint density at radius 2 is 2.00 bits per heavy atom. The van der Waals surface area contributed by atoms with E-state index >= 15 is 0 Å². The van der Waals surface area contributed by atoms with Gasteiger partial charge >= 0.3 is 5.97 Å². The molecule has 0 aliphatic carbocycles. The smallest absolute Gasteiger partial charge is 0.328 e. The van der Waals surface area contributed by atoms with Gasteiger partial charge in [-0.05, 0) is 6.42 Å². The van der Waals surface area contributed by atoms with Gasteiger partial charge < -0.3 is 16.2 Å². The molecule has 0 radical (unpaired) electrons. The second-order valence-electron chi connectivity index (χ2n) is 4.25. The summed E-state index contributed by atoms with van der Waals surface area (Å²) in [6.07, 6.45) is 3.68. The minimum Gasteiger partial charge on any atom is -0.464 e. The number of hydrogen-bond acceptors (Lipinski definition) is 5. The lowest BCUT2D eigenvalue weighted by Crippen LogP contribution is -2.38. The maximum atomic E-state index is 11.4. The maximum absolute atomic E-state index is 11.4. The number of rotatable bonds is 7. The monoisotopic (exact) mass is 290 g/mol. The van der Waals surface area contributed by atoms with Crippen molar-refractivity contribution >= 4 is 17.7 Å². The molecule has 0 unspecified atom stereocenters. The molecule has 0 saturated carbocycles. The lowest BCUT2D eigenvalue weighted by Gasteiger charge is -2.08. The third kappa shape index (κ3) is 8.63. The zero-order valence-corrected chi connectivity index (χ0v) is 12.9. The van der Waals surface area contributed by atoms with E-state index in [-0.39, 0.29) is 25.7 Å². The van der Waals surface area contributed by atoms with E-state index in [0.29, 0.717) is 19.4 Å². The largest absolute Gasteiger partial charge is 0.464 e. The Bertz CT molecular complexity index is 311. The molecule has 0 aromatic carbocycles. The highest BCUT2D eigenvalue weighted by Crippen LogP contribution is 2.07. The van der Waals surface area contributed by atoms with Crippen LogP contribution in [0.5, 0.6) is 0 Å². The quantitative estimate of drug-likeness (QED) is 0.425. The molecule has 0 bridgehead atoms. The van der Waals surface area contributed by atoms with Gasteiger partial charge in [0.2, 0.25) is 5.91 Å². The molecule has 1 aliphatic rings. The van der Waals surface area contributed by atoms with Crippen molar-refractivity contribution in [2.24, 2.45) is 0 Å². The van der Waals surface area contributed by atoms with Gasteiger partial charge in [0.1, 0.15) is 11.8 Å². The third-order valence-corrected chi connectivity index (χ3v) is 2.69. The van der Waals surface area contributed by atoms with Crippen molar-refractivity contribution in [2.45, 2.75) is 65.3 Å². The van der Waals surface area contributed by atoms with E-state index in [1.54, 1.807) is 0 Å². The first kappa shape index (κ1) is 20.9. The number of Topliss-reactive ketones (excluding diaryl/α,β-unsaturated/α-hetero) is 1. The molecule has 4 N–H and O–H groups in total. The first-order chi connectivity index (χ1) is 9.13. The van der Waals surface area contributed by atoms with Gasteiger partial charge in [-0.3, -0.25) is 9.59 Å². The molecule has 0 aromatic rings. The van der Waals surface area contributed by atoms with E-state index in [1.165, 1.54) is 0 Å². The van der Waals surface area contributed by atoms with Crippen molar-refractivity contribution in [3.8, 4) is 0 Å². The van der Waals surface area contributed by atoms with Crippen LogP contribution in [0.2, 0.25) is 0 Å². The van der Waals surface area contributed by atoms with E-state index in [4.69, 9.17) is 4.74 Å². The Morgan fingerprint density at radius 1 is 1.35 bits per heavy atom. The van der Waals surface area contributed by atoms with E-state index < -0.39 is 12.0 Å². The van der Waals surface area contributed by atoms with Crippen LogP contribution in [0.4, 0.5) is 0 Å². The van der Waals surface area contributed by atoms with Gasteiger partial charge in [0.15, 0.2) is 0 Å². The summed E-state index contributed by atoms with van der Waals surface area (Å²) in [7, 11) is 0. The summed E-state index contributed by atoms with van der Waals surface area (Å²) in [6.45, 7) is 6.40. The second-order valence-corrected chi connectivity index (χ2v) is 4.25. The Kier molecular flexibility index (Phi) is 13.1. The standard InChI is InChI=1S/C12H19NO4.C2H6.H3N.H2/c1-2-3-4-5-9(14)8-11(15)13-10-6-7-17-12(10)16;1-2;;/h10H,2-8H2,1H3,(H,13,15);1-2H3;1H3;1H/t10-;;;/m0.../s1. The van der Waals surface area contributed by atoms with Crippen molar-refractivity contribution in [2.75, 3.05) is 6.61 Å². The number of carbonyl (C=O) groups excluding carboxylic acids is 3. The zero-order chi connectivity index (χ0) is 14.7. The molecule has 1 amide bonds. The van der Waals surface area contributed by atoms with E-state index in [2.05, 4.69) is 12.2 Å². The summed E-state index contributed by atoms with van der Waals surface area (Å²) in [5, 5.41) is 2.52. The fourth-order valence-corrected chi connectivity index (χ4v) is 1.71. The number of hydrogen-bond donors (Lipinski definition) is 2. The summed E-state index contributed by atoms with van der Waals surface area (Å²) in [4.78, 5) is 33.9. The third-order valence-electron chi connectivity index (χ3n) is 2.69. The molecular weight excluding hydrogens is 260 g/mol. The average molecular weight is 290 g/mol. The van der Waals surface area contributed by atoms with Crippen LogP contribution in [0.1, 0.15) is 60.7 Å². The molecule has 1 fully saturated rings. The van der Waals surface area contributed by atoms with Crippen molar-refractivity contribution < 1.29 is 20.5 Å². The van der Waals surface area contributed by atoms with Crippen molar-refractivity contribution in [3.63, 3.8) is 0 Å². The molecular formula is C14H30N2O4. The predicted octanol–water partition coefficient (Wildman–Crippen LogP) is 2.39. The lowest BCUT2D eigenvalue weighted by molar-refractivity contribution is -0.142. The second kappa shape index (κ2) is 12.6. The normalized spacial score (nSPS) is 16.4. The summed E-state index contributed by atoms with van der Waals surface area (Å²) < 4.78 is 4.71. The lowest BCUT2D eigenvalue weighted by atomic mass is 10.1. The topological polar surface area (TPSA) is 107 Å². The van der Waals surface area contributed by atoms with Crippen LogP contribution in [0.25, 0.3) is 0 Å². The molecule has 6 nitrogen and oxygen atoms in total. The minimum atomic E-state index is -0.564. The molecule has 1 rings (SSSR count). The highest BCUT2D eigenvalue weighted by molar-refractivity contribution is 5.99. The fraction of sp³-hybridized carbons (Fsp3) is 0.786. The van der Waals surface area contributed by atoms with Gasteiger partial charge in [0, 0.05) is 14.3 Å². The summed E-state index contributed by atoms with van der Waals surface area (Å²) in [6, 6.07) is -0.564. The number of carbonyl (C=O) groups is 3. The van der Waals surface area contributed by atoms with E-state index in [9.17, 15) is 14.4 Å². The molecule has 20 heavy (non-hydrogen) atoms. The molecule has 120 valence electrons. The first-order valence-corrected chi connectivity index (χ1v) is 7.11. The molecule has 0 spiro atoms. The molecule has 1 saturated heterocycles. The first-order valence-electron chi connectivity index (χ1n) is 7.11. The summed E-state index contributed by atoms with van der Waals surface area (Å²) >= 11 is 0. The van der Waals surface area contributed by atoms with Crippen LogP contribution >= 0.6 is 0 Å². The Labute approximate surface area is 122 Å². The highest BCUT2D eigenvalue weighted by Gasteiger charge is 2.28. The van der Waals surface area contributed by atoms with Gasteiger partial charge in [-0.2, -0.15) is 0 Å². The van der Waals surface area contributed by atoms with Crippen molar-refractivity contribution in [3.05, 3.63) is 0 Å². The van der Waals surface area contributed by atoms with Crippen LogP contribution in [0.15, 0.2) is 0 Å². The number of esters is 1. The van der Waals surface area contributed by atoms with Crippen LogP contribution in [-0.4, -0.2) is 30.3 Å². The van der Waals surface area contributed by atoms with E-state index in [0.717, 1.165) is 19.3 Å². The van der Waals surface area contributed by atoms with Crippen LogP contribution in [0.3, 0.4) is 0 Å². The van der Waals surface area contributed by atoms with Gasteiger partial charge in [-0.1, -0.05) is 33.6 Å². The number of ether oxygens (including phenoxy) is 1. The number of amides is 1. The number of nitrogens with one attached hydrogen (secondary N) is 1. The van der Waals surface area contributed by atoms with Gasteiger partial charge in [-0.15, -0.1) is 0 Å². The predicted molar refractivity (Wildman–Crippen MR) is 79.8 cm³/mol. The van der Waals surface area contributed by atoms with Gasteiger partial charge in [0.25, 0.3) is 0 Å². The summed E-state index contributed by atoms with van der Waals surface area (Å²) in [5.41, 5.74) is 0. The number of cyclic esters (lactones) is 1. The molecule has 0 aromatic heterocycles. The van der Waals surface area contributed by atoms with E-state index in [1.807, 2.05) is 13.8 Å². The Morgan fingerprint density at radius 3 is 2.50 bits per heavy atom. The maximum Gasteiger partial charge on any atom is 0.328 e. The molecule has 1 heterocycles.